The Morgan fingerprint density at radius 3 is 2.69 bits per heavy atom. The molecule has 32 heavy (non-hydrogen) atoms. The second-order valence-corrected chi connectivity index (χ2v) is 15.7. The molecule has 2 aliphatic rings. The first-order valence-electron chi connectivity index (χ1n) is 11.2. The van der Waals surface area contributed by atoms with Crippen LogP contribution in [-0.4, -0.2) is 28.7 Å². The van der Waals surface area contributed by atoms with E-state index < -0.39 is 19.6 Å². The summed E-state index contributed by atoms with van der Waals surface area (Å²) in [4.78, 5) is 30.8. The van der Waals surface area contributed by atoms with Crippen molar-refractivity contribution in [3.8, 4) is 11.4 Å². The van der Waals surface area contributed by atoms with Crippen molar-refractivity contribution in [2.75, 3.05) is 0 Å². The van der Waals surface area contributed by atoms with Crippen LogP contribution in [0, 0.1) is 0 Å². The summed E-state index contributed by atoms with van der Waals surface area (Å²) in [7, 11) is -1.46. The molecule has 2 aliphatic heterocycles. The summed E-state index contributed by atoms with van der Waals surface area (Å²) in [5.74, 6) is -0.701. The van der Waals surface area contributed by atoms with Crippen molar-refractivity contribution in [2.45, 2.75) is 64.2 Å². The van der Waals surface area contributed by atoms with Gasteiger partial charge in [0, 0.05) is 16.5 Å². The molecule has 0 amide bonds. The fourth-order valence-corrected chi connectivity index (χ4v) is 6.01. The van der Waals surface area contributed by atoms with Gasteiger partial charge in [-0.2, -0.15) is 0 Å². The van der Waals surface area contributed by atoms with Crippen LogP contribution in [0.4, 0.5) is 0 Å². The first-order chi connectivity index (χ1) is 15.1. The number of ether oxygens (including phenoxy) is 1. The Labute approximate surface area is 187 Å². The number of aliphatic hydroxyl groups is 1. The van der Waals surface area contributed by atoms with Crippen molar-refractivity contribution in [2.24, 2.45) is 0 Å². The molecule has 7 heteroatoms. The van der Waals surface area contributed by atoms with E-state index in [2.05, 4.69) is 50.8 Å². The molecule has 1 aromatic carbocycles. The SMILES string of the molecule is CC[C@@]1(O)C(=O)OCc2c1cc1n(c2=O)Cc2cc3cccc(C(C)[Si](C)(C)C)c3nc2-1. The molecular formula is C25H28N2O4Si. The van der Waals surface area contributed by atoms with Crippen LogP contribution in [0.1, 0.15) is 48.1 Å². The van der Waals surface area contributed by atoms with E-state index in [-0.39, 0.29) is 18.6 Å². The molecule has 5 rings (SSSR count). The van der Waals surface area contributed by atoms with Crippen LogP contribution >= 0.6 is 0 Å². The van der Waals surface area contributed by atoms with E-state index >= 15 is 0 Å². The van der Waals surface area contributed by atoms with Crippen molar-refractivity contribution in [3.63, 3.8) is 0 Å². The van der Waals surface area contributed by atoms with Gasteiger partial charge in [0.25, 0.3) is 5.56 Å². The number of pyridine rings is 2. The van der Waals surface area contributed by atoms with Gasteiger partial charge in [-0.05, 0) is 29.7 Å². The maximum Gasteiger partial charge on any atom is 0.343 e. The molecule has 6 nitrogen and oxygen atoms in total. The van der Waals surface area contributed by atoms with Crippen LogP contribution in [0.25, 0.3) is 22.3 Å². The summed E-state index contributed by atoms with van der Waals surface area (Å²) in [6, 6.07) is 10.2. The highest BCUT2D eigenvalue weighted by molar-refractivity contribution is 6.77. The highest BCUT2D eigenvalue weighted by Crippen LogP contribution is 2.40. The number of fused-ring (bicyclic) bond motifs is 5. The minimum Gasteiger partial charge on any atom is -0.458 e. The summed E-state index contributed by atoms with van der Waals surface area (Å²) in [6.45, 7) is 11.4. The van der Waals surface area contributed by atoms with E-state index in [1.54, 1.807) is 17.6 Å². The first-order valence-corrected chi connectivity index (χ1v) is 14.7. The molecule has 1 N–H and O–H groups in total. The van der Waals surface area contributed by atoms with Crippen molar-refractivity contribution in [1.82, 2.24) is 9.55 Å². The number of rotatable bonds is 3. The zero-order valence-corrected chi connectivity index (χ0v) is 20.2. The lowest BCUT2D eigenvalue weighted by molar-refractivity contribution is -0.172. The van der Waals surface area contributed by atoms with Gasteiger partial charge in [0.1, 0.15) is 6.61 Å². The maximum absolute atomic E-state index is 13.3. The van der Waals surface area contributed by atoms with Crippen molar-refractivity contribution in [3.05, 3.63) is 62.9 Å². The molecule has 0 fully saturated rings. The number of aromatic nitrogens is 2. The van der Waals surface area contributed by atoms with E-state index in [0.29, 0.717) is 28.9 Å². The maximum atomic E-state index is 13.3. The van der Waals surface area contributed by atoms with Gasteiger partial charge >= 0.3 is 5.97 Å². The van der Waals surface area contributed by atoms with Crippen LogP contribution in [0.3, 0.4) is 0 Å². The largest absolute Gasteiger partial charge is 0.458 e. The predicted octanol–water partition coefficient (Wildman–Crippen LogP) is 4.06. The first kappa shape index (κ1) is 21.1. The van der Waals surface area contributed by atoms with Crippen LogP contribution in [0.5, 0.6) is 0 Å². The monoisotopic (exact) mass is 448 g/mol. The summed E-state index contributed by atoms with van der Waals surface area (Å²) in [6.07, 6.45) is 0.137. The van der Waals surface area contributed by atoms with Crippen molar-refractivity contribution < 1.29 is 14.6 Å². The quantitative estimate of drug-likeness (QED) is 0.378. The average molecular weight is 449 g/mol. The van der Waals surface area contributed by atoms with Crippen LogP contribution < -0.4 is 5.56 Å². The van der Waals surface area contributed by atoms with Crippen LogP contribution in [-0.2, 0) is 28.3 Å². The molecule has 2 atom stereocenters. The smallest absolute Gasteiger partial charge is 0.343 e. The second-order valence-electron chi connectivity index (χ2n) is 10.1. The van der Waals surface area contributed by atoms with Gasteiger partial charge in [-0.3, -0.25) is 4.79 Å². The molecule has 1 unspecified atom stereocenters. The Balaban J connectivity index is 1.77. The van der Waals surface area contributed by atoms with Crippen molar-refractivity contribution >= 4 is 24.9 Å². The van der Waals surface area contributed by atoms with Gasteiger partial charge < -0.3 is 14.4 Å². The molecule has 0 spiro atoms. The third-order valence-electron chi connectivity index (χ3n) is 7.34. The van der Waals surface area contributed by atoms with Gasteiger partial charge in [-0.1, -0.05) is 51.7 Å². The lowest BCUT2D eigenvalue weighted by atomic mass is 9.86. The number of hydrogen-bond donors (Lipinski definition) is 1. The minimum absolute atomic E-state index is 0.112. The van der Waals surface area contributed by atoms with Gasteiger partial charge in [-0.15, -0.1) is 0 Å². The highest BCUT2D eigenvalue weighted by Gasteiger charge is 2.45. The molecule has 0 aliphatic carbocycles. The van der Waals surface area contributed by atoms with Crippen molar-refractivity contribution in [1.29, 1.82) is 0 Å². The van der Waals surface area contributed by atoms with Crippen LogP contribution in [0.15, 0.2) is 35.1 Å². The number of esters is 1. The Morgan fingerprint density at radius 1 is 1.25 bits per heavy atom. The molecule has 166 valence electrons. The number of nitrogens with zero attached hydrogens (tertiary/aromatic N) is 2. The fourth-order valence-electron chi connectivity index (χ4n) is 4.85. The molecular weight excluding hydrogens is 420 g/mol. The Kier molecular flexibility index (Phi) is 4.52. The lowest BCUT2D eigenvalue weighted by Crippen LogP contribution is -2.44. The topological polar surface area (TPSA) is 81.4 Å². The highest BCUT2D eigenvalue weighted by atomic mass is 28.3. The number of cyclic esters (lactones) is 1. The number of benzene rings is 1. The third kappa shape index (κ3) is 2.84. The summed E-state index contributed by atoms with van der Waals surface area (Å²) < 4.78 is 6.84. The summed E-state index contributed by atoms with van der Waals surface area (Å²) >= 11 is 0. The van der Waals surface area contributed by atoms with E-state index in [1.165, 1.54) is 5.56 Å². The molecule has 3 aromatic rings. The average Bonchev–Trinajstić information content (AvgIpc) is 3.11. The summed E-state index contributed by atoms with van der Waals surface area (Å²) in [5, 5.41) is 12.1. The molecule has 0 saturated heterocycles. The van der Waals surface area contributed by atoms with Gasteiger partial charge in [0.2, 0.25) is 0 Å². The normalized spacial score (nSPS) is 20.5. The minimum atomic E-state index is -1.81. The predicted molar refractivity (Wildman–Crippen MR) is 126 cm³/mol. The number of hydrogen-bond acceptors (Lipinski definition) is 5. The number of carbonyl (C=O) groups excluding carboxylic acids is 1. The standard InChI is InChI=1S/C25H28N2O4Si/c1-6-25(30)19-11-20-22-16(12-27(20)23(28)18(19)13-31-24(25)29)10-15-8-7-9-17(21(15)26-22)14(2)32(3,4)5/h7-11,14,30H,6,12-13H2,1-5H3/t14?,25-/m0/s1. The van der Waals surface area contributed by atoms with Crippen LogP contribution in [0.2, 0.25) is 19.6 Å². The Morgan fingerprint density at radius 2 is 2.00 bits per heavy atom. The second kappa shape index (κ2) is 6.86. The van der Waals surface area contributed by atoms with Gasteiger partial charge in [0.05, 0.1) is 37.1 Å². The van der Waals surface area contributed by atoms with E-state index in [1.807, 2.05) is 0 Å². The third-order valence-corrected chi connectivity index (χ3v) is 10.2. The zero-order valence-electron chi connectivity index (χ0n) is 19.2. The van der Waals surface area contributed by atoms with E-state index in [4.69, 9.17) is 9.72 Å². The molecule has 2 aromatic heterocycles. The molecule has 0 saturated carbocycles. The Hall–Kier alpha value is -2.77. The fraction of sp³-hybridized carbons (Fsp3) is 0.400. The molecule has 4 heterocycles. The van der Waals surface area contributed by atoms with Gasteiger partial charge in [-0.25, -0.2) is 9.78 Å². The van der Waals surface area contributed by atoms with E-state index in [9.17, 15) is 14.7 Å². The number of carbonyl (C=O) groups is 1. The Bertz CT molecular complexity index is 1350. The molecule has 0 radical (unpaired) electrons. The summed E-state index contributed by atoms with van der Waals surface area (Å²) in [5.41, 5.74) is 3.67. The lowest BCUT2D eigenvalue weighted by Gasteiger charge is -2.31. The molecule has 0 bridgehead atoms. The van der Waals surface area contributed by atoms with Gasteiger partial charge in [0.15, 0.2) is 5.60 Å². The number of para-hydroxylation sites is 1. The zero-order chi connectivity index (χ0) is 23.0. The van der Waals surface area contributed by atoms with E-state index in [0.717, 1.165) is 22.2 Å².